The molecule has 0 bridgehead atoms. The molecule has 0 fully saturated rings. The lowest BCUT2D eigenvalue weighted by molar-refractivity contribution is -0.132. The van der Waals surface area contributed by atoms with E-state index in [1.807, 2.05) is 0 Å². The number of hydrogen-bond acceptors (Lipinski definition) is 6. The van der Waals surface area contributed by atoms with Gasteiger partial charge in [-0.3, -0.25) is 19.3 Å². The van der Waals surface area contributed by atoms with Crippen LogP contribution in [0.3, 0.4) is 0 Å². The van der Waals surface area contributed by atoms with E-state index in [0.717, 1.165) is 0 Å². The minimum atomic E-state index is -1.12. The average Bonchev–Trinajstić information content (AvgIpc) is 2.59. The number of amides is 2. The fourth-order valence-electron chi connectivity index (χ4n) is 2.79. The molecule has 0 saturated carbocycles. The second-order valence-electron chi connectivity index (χ2n) is 6.74. The lowest BCUT2D eigenvalue weighted by Crippen LogP contribution is -2.54. The molecular weight excluding hydrogens is 348 g/mol. The lowest BCUT2D eigenvalue weighted by atomic mass is 10.0. The van der Waals surface area contributed by atoms with Crippen molar-refractivity contribution in [2.75, 3.05) is 22.5 Å². The van der Waals surface area contributed by atoms with Crippen molar-refractivity contribution in [3.63, 3.8) is 0 Å². The first-order valence-electron chi connectivity index (χ1n) is 8.36. The van der Waals surface area contributed by atoms with E-state index in [0.29, 0.717) is 17.0 Å². The van der Waals surface area contributed by atoms with E-state index in [-0.39, 0.29) is 35.8 Å². The Morgan fingerprint density at radius 3 is 2.48 bits per heavy atom. The number of carbonyl (C=O) groups excluding carboxylic acids is 3. The van der Waals surface area contributed by atoms with Crippen LogP contribution < -0.4 is 20.7 Å². The van der Waals surface area contributed by atoms with Crippen molar-refractivity contribution in [1.82, 2.24) is 4.98 Å². The van der Waals surface area contributed by atoms with Gasteiger partial charge >= 0.3 is 0 Å². The van der Waals surface area contributed by atoms with E-state index in [2.05, 4.69) is 10.3 Å². The molecule has 3 N–H and O–H groups in total. The molecule has 2 amide bonds. The predicted octanol–water partition coefficient (Wildman–Crippen LogP) is 2.01. The van der Waals surface area contributed by atoms with E-state index < -0.39 is 5.60 Å². The van der Waals surface area contributed by atoms with Gasteiger partial charge in [0, 0.05) is 18.2 Å². The maximum atomic E-state index is 12.8. The Bertz CT molecular complexity index is 922. The molecular formula is C19H20N4O4. The number of pyridine rings is 1. The van der Waals surface area contributed by atoms with Gasteiger partial charge in [-0.1, -0.05) is 0 Å². The summed E-state index contributed by atoms with van der Waals surface area (Å²) in [6.45, 7) is 4.47. The Balaban J connectivity index is 1.87. The van der Waals surface area contributed by atoms with Gasteiger partial charge in [0.2, 0.25) is 5.91 Å². The summed E-state index contributed by atoms with van der Waals surface area (Å²) >= 11 is 0. The van der Waals surface area contributed by atoms with Crippen LogP contribution in [0.25, 0.3) is 0 Å². The molecule has 8 nitrogen and oxygen atoms in total. The van der Waals surface area contributed by atoms with Gasteiger partial charge in [0.05, 0.1) is 6.54 Å². The highest BCUT2D eigenvalue weighted by atomic mass is 16.5. The van der Waals surface area contributed by atoms with E-state index in [1.165, 1.54) is 11.8 Å². The normalized spacial score (nSPS) is 14.9. The summed E-state index contributed by atoms with van der Waals surface area (Å²) in [5, 5.41) is 2.63. The molecule has 1 aromatic heterocycles. The highest BCUT2D eigenvalue weighted by Gasteiger charge is 2.42. The van der Waals surface area contributed by atoms with Crippen LogP contribution in [0.2, 0.25) is 0 Å². The topological polar surface area (TPSA) is 115 Å². The van der Waals surface area contributed by atoms with Gasteiger partial charge in [0.1, 0.15) is 5.82 Å². The van der Waals surface area contributed by atoms with E-state index >= 15 is 0 Å². The van der Waals surface area contributed by atoms with Crippen molar-refractivity contribution in [2.45, 2.75) is 26.4 Å². The summed E-state index contributed by atoms with van der Waals surface area (Å²) in [6.07, 6.45) is 0. The van der Waals surface area contributed by atoms with Crippen LogP contribution in [0.15, 0.2) is 36.4 Å². The molecule has 0 unspecified atom stereocenters. The number of ether oxygens (including phenoxy) is 1. The Kier molecular flexibility index (Phi) is 4.57. The number of nitrogens with one attached hydrogen (secondary N) is 1. The molecule has 0 saturated heterocycles. The van der Waals surface area contributed by atoms with Crippen LogP contribution in [0.5, 0.6) is 5.75 Å². The Morgan fingerprint density at radius 2 is 1.85 bits per heavy atom. The number of nitrogens with two attached hydrogens (primary N) is 1. The minimum absolute atomic E-state index is 0.199. The molecule has 8 heteroatoms. The van der Waals surface area contributed by atoms with E-state index in [1.54, 1.807) is 50.2 Å². The summed E-state index contributed by atoms with van der Waals surface area (Å²) in [7, 11) is 0. The summed E-state index contributed by atoms with van der Waals surface area (Å²) in [6, 6.07) is 9.65. The largest absolute Gasteiger partial charge is 0.474 e. The second-order valence-corrected chi connectivity index (χ2v) is 6.74. The number of aromatic nitrogens is 1. The SMILES string of the molecule is CC(=O)Nc1ccc(C(=O)CN2C(=O)C(C)(C)Oc3ccc(N)nc32)cc1. The monoisotopic (exact) mass is 368 g/mol. The van der Waals surface area contributed by atoms with Crippen LogP contribution in [0.1, 0.15) is 31.1 Å². The molecule has 0 radical (unpaired) electrons. The van der Waals surface area contributed by atoms with Gasteiger partial charge in [-0.2, -0.15) is 0 Å². The second kappa shape index (κ2) is 6.71. The Labute approximate surface area is 156 Å². The quantitative estimate of drug-likeness (QED) is 0.798. The molecule has 0 spiro atoms. The molecule has 0 atom stereocenters. The number of anilines is 3. The molecule has 0 aliphatic carbocycles. The molecule has 3 rings (SSSR count). The third kappa shape index (κ3) is 3.74. The summed E-state index contributed by atoms with van der Waals surface area (Å²) in [5.41, 5.74) is 5.60. The molecule has 1 aliphatic heterocycles. The van der Waals surface area contributed by atoms with Crippen LogP contribution in [0.4, 0.5) is 17.3 Å². The van der Waals surface area contributed by atoms with Crippen molar-refractivity contribution in [1.29, 1.82) is 0 Å². The standard InChI is InChI=1S/C19H20N4O4/c1-11(24)21-13-6-4-12(5-7-13)14(25)10-23-17-15(8-9-16(20)22-17)27-19(2,3)18(23)26/h4-9H,10H2,1-3H3,(H2,20,22)(H,21,24). The number of carbonyl (C=O) groups is 3. The first-order chi connectivity index (χ1) is 12.7. The number of nitrogens with zero attached hydrogens (tertiary/aromatic N) is 2. The predicted molar refractivity (Wildman–Crippen MR) is 101 cm³/mol. The van der Waals surface area contributed by atoms with E-state index in [9.17, 15) is 14.4 Å². The van der Waals surface area contributed by atoms with Gasteiger partial charge < -0.3 is 15.8 Å². The highest BCUT2D eigenvalue weighted by Crippen LogP contribution is 2.36. The number of benzene rings is 1. The third-order valence-electron chi connectivity index (χ3n) is 4.07. The number of ketones is 1. The fraction of sp³-hybridized carbons (Fsp3) is 0.263. The fourth-order valence-corrected chi connectivity index (χ4v) is 2.79. The van der Waals surface area contributed by atoms with Crippen molar-refractivity contribution >= 4 is 34.9 Å². The molecule has 2 aromatic rings. The van der Waals surface area contributed by atoms with Crippen molar-refractivity contribution in [2.24, 2.45) is 0 Å². The number of hydrogen-bond donors (Lipinski definition) is 2. The van der Waals surface area contributed by atoms with Gasteiger partial charge in [-0.25, -0.2) is 4.98 Å². The number of nitrogen functional groups attached to an aromatic ring is 1. The number of fused-ring (bicyclic) bond motifs is 1. The average molecular weight is 368 g/mol. The zero-order chi connectivity index (χ0) is 19.8. The Morgan fingerprint density at radius 1 is 1.19 bits per heavy atom. The Hall–Kier alpha value is -3.42. The zero-order valence-electron chi connectivity index (χ0n) is 15.3. The van der Waals surface area contributed by atoms with Gasteiger partial charge in [-0.05, 0) is 50.2 Å². The maximum Gasteiger partial charge on any atom is 0.272 e. The maximum absolute atomic E-state index is 12.8. The van der Waals surface area contributed by atoms with Gasteiger partial charge in [0.25, 0.3) is 5.91 Å². The first kappa shape index (κ1) is 18.4. The van der Waals surface area contributed by atoms with Crippen LogP contribution in [-0.4, -0.2) is 34.7 Å². The number of Topliss-reactive ketones (excluding diaryl/α,β-unsaturated/α-hetero) is 1. The molecule has 140 valence electrons. The van der Waals surface area contributed by atoms with Crippen molar-refractivity contribution in [3.05, 3.63) is 42.0 Å². The molecule has 1 aromatic carbocycles. The number of rotatable bonds is 4. The van der Waals surface area contributed by atoms with Crippen molar-refractivity contribution in [3.8, 4) is 5.75 Å². The van der Waals surface area contributed by atoms with Gasteiger partial charge in [0.15, 0.2) is 23.0 Å². The van der Waals surface area contributed by atoms with Crippen LogP contribution in [0, 0.1) is 0 Å². The van der Waals surface area contributed by atoms with Gasteiger partial charge in [-0.15, -0.1) is 0 Å². The highest BCUT2D eigenvalue weighted by molar-refractivity contribution is 6.09. The van der Waals surface area contributed by atoms with Crippen LogP contribution >= 0.6 is 0 Å². The summed E-state index contributed by atoms with van der Waals surface area (Å²) < 4.78 is 5.70. The smallest absolute Gasteiger partial charge is 0.272 e. The molecule has 1 aliphatic rings. The zero-order valence-corrected chi connectivity index (χ0v) is 15.3. The lowest BCUT2D eigenvalue weighted by Gasteiger charge is -2.37. The van der Waals surface area contributed by atoms with Crippen LogP contribution in [-0.2, 0) is 9.59 Å². The third-order valence-corrected chi connectivity index (χ3v) is 4.07. The van der Waals surface area contributed by atoms with Crippen molar-refractivity contribution < 1.29 is 19.1 Å². The summed E-state index contributed by atoms with van der Waals surface area (Å²) in [5.74, 6) is -0.00970. The minimum Gasteiger partial charge on any atom is -0.474 e. The summed E-state index contributed by atoms with van der Waals surface area (Å²) in [4.78, 5) is 42.0. The molecule has 27 heavy (non-hydrogen) atoms. The van der Waals surface area contributed by atoms with E-state index in [4.69, 9.17) is 10.5 Å². The molecule has 2 heterocycles. The first-order valence-corrected chi connectivity index (χ1v) is 8.36.